The molecular formula is C25H25ClN8O11S2. The number of phenolic OH excluding ortho intramolecular Hbond substituents is 2. The van der Waals surface area contributed by atoms with Crippen molar-refractivity contribution >= 4 is 81.6 Å². The molecule has 3 amide bonds. The van der Waals surface area contributed by atoms with Gasteiger partial charge in [0.15, 0.2) is 16.6 Å². The third-order valence-corrected chi connectivity index (χ3v) is 8.56. The van der Waals surface area contributed by atoms with Crippen LogP contribution in [0.2, 0.25) is 5.02 Å². The van der Waals surface area contributed by atoms with E-state index in [2.05, 4.69) is 30.3 Å². The quantitative estimate of drug-likeness (QED) is 0.0471. The molecule has 0 bridgehead atoms. The molecule has 4 rings (SSSR count). The molecule has 0 radical (unpaired) electrons. The van der Waals surface area contributed by atoms with Crippen LogP contribution >= 0.6 is 34.9 Å². The molecule has 0 spiro atoms. The Morgan fingerprint density at radius 2 is 1.98 bits per heavy atom. The zero-order chi connectivity index (χ0) is 34.6. The van der Waals surface area contributed by atoms with Crippen LogP contribution in [0.3, 0.4) is 0 Å². The number of aliphatic carboxylic acids is 2. The highest BCUT2D eigenvalue weighted by atomic mass is 35.5. The Hall–Kier alpha value is -5.15. The van der Waals surface area contributed by atoms with E-state index in [1.165, 1.54) is 19.9 Å². The number of halogens is 1. The van der Waals surface area contributed by atoms with Crippen molar-refractivity contribution in [3.63, 3.8) is 0 Å². The van der Waals surface area contributed by atoms with Gasteiger partial charge in [0.1, 0.15) is 23.7 Å². The van der Waals surface area contributed by atoms with Gasteiger partial charge in [-0.25, -0.2) is 9.59 Å². The molecule has 47 heavy (non-hydrogen) atoms. The van der Waals surface area contributed by atoms with E-state index in [1.807, 2.05) is 0 Å². The monoisotopic (exact) mass is 712 g/mol. The van der Waals surface area contributed by atoms with Crippen LogP contribution in [0.1, 0.15) is 30.0 Å². The number of nitrogen functional groups attached to an aromatic ring is 1. The van der Waals surface area contributed by atoms with E-state index in [-0.39, 0.29) is 51.7 Å². The van der Waals surface area contributed by atoms with Gasteiger partial charge in [0.25, 0.3) is 17.7 Å². The molecule has 1 aromatic carbocycles. The van der Waals surface area contributed by atoms with Crippen molar-refractivity contribution in [3.8, 4) is 11.5 Å². The summed E-state index contributed by atoms with van der Waals surface area (Å²) in [7, 11) is 0. The first kappa shape index (κ1) is 34.7. The maximum Gasteiger partial charge on any atom is 0.353 e. The summed E-state index contributed by atoms with van der Waals surface area (Å²) in [5, 5.41) is 49.3. The largest absolute Gasteiger partial charge is 0.504 e. The van der Waals surface area contributed by atoms with Gasteiger partial charge in [-0.2, -0.15) is 9.36 Å². The number of nitrogens with two attached hydrogens (primary N) is 1. The lowest BCUT2D eigenvalue weighted by molar-refractivity contribution is -0.161. The van der Waals surface area contributed by atoms with Crippen molar-refractivity contribution in [2.75, 3.05) is 24.6 Å². The van der Waals surface area contributed by atoms with Crippen LogP contribution in [-0.2, 0) is 28.9 Å². The maximum atomic E-state index is 13.2. The summed E-state index contributed by atoms with van der Waals surface area (Å²) in [6.07, 6.45) is 1.10. The number of aromatic nitrogens is 2. The summed E-state index contributed by atoms with van der Waals surface area (Å²) in [4.78, 5) is 77.0. The molecule has 0 aliphatic carbocycles. The lowest BCUT2D eigenvalue weighted by Gasteiger charge is -2.49. The van der Waals surface area contributed by atoms with E-state index in [1.54, 1.807) is 0 Å². The van der Waals surface area contributed by atoms with E-state index in [0.29, 0.717) is 0 Å². The van der Waals surface area contributed by atoms with Gasteiger partial charge >= 0.3 is 11.9 Å². The van der Waals surface area contributed by atoms with E-state index in [4.69, 9.17) is 27.0 Å². The Bertz CT molecular complexity index is 1730. The Balaban J connectivity index is 1.38. The number of carbonyl (C=O) groups excluding carboxylic acids is 3. The average Bonchev–Trinajstić information content (AvgIpc) is 3.45. The number of nitrogens with one attached hydrogen (secondary N) is 2. The highest BCUT2D eigenvalue weighted by molar-refractivity contribution is 8.00. The summed E-state index contributed by atoms with van der Waals surface area (Å²) in [5.74, 6) is -6.61. The van der Waals surface area contributed by atoms with Crippen LogP contribution in [0.4, 0.5) is 5.13 Å². The second-order valence-electron chi connectivity index (χ2n) is 9.96. The molecular weight excluding hydrogens is 688 g/mol. The summed E-state index contributed by atoms with van der Waals surface area (Å²) in [6, 6.07) is 1.11. The van der Waals surface area contributed by atoms with E-state index in [0.717, 1.165) is 40.5 Å². The van der Waals surface area contributed by atoms with Gasteiger partial charge in [-0.3, -0.25) is 19.3 Å². The predicted molar refractivity (Wildman–Crippen MR) is 165 cm³/mol. The first-order valence-electron chi connectivity index (χ1n) is 13.1. The first-order chi connectivity index (χ1) is 22.1. The van der Waals surface area contributed by atoms with Crippen molar-refractivity contribution in [1.82, 2.24) is 24.9 Å². The Kier molecular flexibility index (Phi) is 10.4. The number of oxime groups is 2. The molecule has 22 heteroatoms. The smallest absolute Gasteiger partial charge is 0.353 e. The molecule has 2 aliphatic rings. The number of carboxylic acid groups (broad SMARTS) is 2. The molecule has 8 N–H and O–H groups in total. The third-order valence-electron chi connectivity index (χ3n) is 6.34. The second-order valence-corrected chi connectivity index (χ2v) is 12.2. The van der Waals surface area contributed by atoms with Crippen LogP contribution < -0.4 is 16.4 Å². The van der Waals surface area contributed by atoms with E-state index in [9.17, 15) is 44.4 Å². The number of carbonyl (C=O) groups is 5. The summed E-state index contributed by atoms with van der Waals surface area (Å²) in [6.45, 7) is 2.17. The van der Waals surface area contributed by atoms with Gasteiger partial charge in [-0.1, -0.05) is 21.9 Å². The normalized spacial score (nSPS) is 18.0. The van der Waals surface area contributed by atoms with E-state index >= 15 is 0 Å². The number of carboxylic acids is 2. The standard InChI is InChI=1S/C25H25ClN8O11S2/c1-25(2,23(42)43)45-32-13(17-31-24(27)47-33-17)19(38)30-14-20(39)34-15(22(40)41)9(8-46-21(14)34)7-29-44-6-5-28-18(37)10-3-4-11(35)16(36)12(10)26/h3-4,7,14,21,35-36H,5-6,8H2,1-2H3,(H,28,37)(H,30,38)(H,40,41)(H,42,43)(H2,27,31,33)/b29-7?,32-13-. The number of aromatic hydroxyl groups is 2. The number of anilines is 1. The fourth-order valence-corrected chi connectivity index (χ4v) is 5.83. The Labute approximate surface area is 277 Å². The van der Waals surface area contributed by atoms with Crippen LogP contribution in [0.25, 0.3) is 0 Å². The van der Waals surface area contributed by atoms with E-state index < -0.39 is 63.9 Å². The number of rotatable bonds is 13. The summed E-state index contributed by atoms with van der Waals surface area (Å²) < 4.78 is 3.89. The lowest BCUT2D eigenvalue weighted by atomic mass is 10.0. The van der Waals surface area contributed by atoms with Gasteiger partial charge in [0, 0.05) is 22.9 Å². The fourth-order valence-electron chi connectivity index (χ4n) is 3.85. The molecule has 1 fully saturated rings. The number of fused-ring (bicyclic) bond motifs is 1. The minimum absolute atomic E-state index is 0.0222. The van der Waals surface area contributed by atoms with Crippen molar-refractivity contribution < 1.29 is 54.1 Å². The predicted octanol–water partition coefficient (Wildman–Crippen LogP) is -0.0602. The number of hydrogen-bond acceptors (Lipinski definition) is 16. The van der Waals surface area contributed by atoms with Crippen molar-refractivity contribution in [2.24, 2.45) is 10.3 Å². The fraction of sp³-hybridized carbons (Fsp3) is 0.320. The highest BCUT2D eigenvalue weighted by Crippen LogP contribution is 2.40. The average molecular weight is 713 g/mol. The SMILES string of the molecule is CC(C)(O/N=C(\C(=O)NC1C(=O)N2C(C(=O)O)=C(C=NOCCNC(=O)c3ccc(O)c(O)c3Cl)CSC12)c1nsc(N)n1)C(=O)O. The first-order valence-corrected chi connectivity index (χ1v) is 15.3. The molecule has 250 valence electrons. The summed E-state index contributed by atoms with van der Waals surface area (Å²) >= 11 is 7.72. The molecule has 0 saturated carbocycles. The maximum absolute atomic E-state index is 13.2. The molecule has 2 aliphatic heterocycles. The number of nitrogens with zero attached hydrogens (tertiary/aromatic N) is 5. The minimum atomic E-state index is -1.83. The molecule has 3 heterocycles. The van der Waals surface area contributed by atoms with Crippen LogP contribution in [0, 0.1) is 0 Å². The minimum Gasteiger partial charge on any atom is -0.504 e. The van der Waals surface area contributed by atoms with Crippen molar-refractivity contribution in [3.05, 3.63) is 39.8 Å². The topological polar surface area (TPSA) is 289 Å². The number of amides is 3. The number of benzene rings is 1. The van der Waals surface area contributed by atoms with Gasteiger partial charge in [0.2, 0.25) is 17.1 Å². The Morgan fingerprint density at radius 3 is 2.62 bits per heavy atom. The molecule has 2 atom stereocenters. The number of hydrogen-bond donors (Lipinski definition) is 7. The van der Waals surface area contributed by atoms with Gasteiger partial charge in [-0.15, -0.1) is 11.8 Å². The zero-order valence-corrected chi connectivity index (χ0v) is 26.6. The molecule has 2 aromatic rings. The van der Waals surface area contributed by atoms with Crippen molar-refractivity contribution in [2.45, 2.75) is 30.9 Å². The number of phenols is 2. The summed E-state index contributed by atoms with van der Waals surface area (Å²) in [5.41, 5.74) is 2.86. The molecule has 2 unspecified atom stereocenters. The molecule has 19 nitrogen and oxygen atoms in total. The third kappa shape index (κ3) is 7.47. The number of β-lactam (4-membered cyclic amide) rings is 1. The van der Waals surface area contributed by atoms with Gasteiger partial charge in [-0.05, 0) is 26.0 Å². The highest BCUT2D eigenvalue weighted by Gasteiger charge is 2.54. The lowest BCUT2D eigenvalue weighted by Crippen LogP contribution is -2.71. The van der Waals surface area contributed by atoms with Gasteiger partial charge < -0.3 is 46.5 Å². The van der Waals surface area contributed by atoms with Crippen molar-refractivity contribution in [1.29, 1.82) is 0 Å². The number of thioether (sulfide) groups is 1. The molecule has 1 aromatic heterocycles. The van der Waals surface area contributed by atoms with Crippen LogP contribution in [0.15, 0.2) is 33.7 Å². The Morgan fingerprint density at radius 1 is 1.26 bits per heavy atom. The van der Waals surface area contributed by atoms with Crippen LogP contribution in [0.5, 0.6) is 11.5 Å². The second kappa shape index (κ2) is 14.1. The van der Waals surface area contributed by atoms with Crippen LogP contribution in [-0.4, -0.2) is 112 Å². The molecule has 1 saturated heterocycles. The zero-order valence-electron chi connectivity index (χ0n) is 24.2. The van der Waals surface area contributed by atoms with Gasteiger partial charge in [0.05, 0.1) is 23.3 Å².